The van der Waals surface area contributed by atoms with Crippen LogP contribution >= 0.6 is 79.4 Å². The highest BCUT2D eigenvalue weighted by atomic mass is 32.1. The number of nitrogens with one attached hydrogen (secondary N) is 1. The van der Waals surface area contributed by atoms with Crippen LogP contribution in [0.1, 0.15) is 173 Å². The number of hydrogen-bond donors (Lipinski definition) is 1. The first-order chi connectivity index (χ1) is 46.4. The van der Waals surface area contributed by atoms with Gasteiger partial charge in [-0.15, -0.1) is 84.5 Å². The lowest BCUT2D eigenvalue weighted by atomic mass is 10.2. The van der Waals surface area contributed by atoms with Crippen LogP contribution in [0.3, 0.4) is 0 Å². The normalized spacial score (nSPS) is 14.5. The van der Waals surface area contributed by atoms with Gasteiger partial charge >= 0.3 is 0 Å². The Morgan fingerprint density at radius 2 is 0.989 bits per heavy atom. The number of imidazole rings is 1. The molecule has 1 N–H and O–H groups in total. The number of aromatic amines is 1. The van der Waals surface area contributed by atoms with Crippen molar-refractivity contribution in [1.82, 2.24) is 55.0 Å². The molecule has 95 heavy (non-hydrogen) atoms. The zero-order valence-corrected chi connectivity index (χ0v) is 57.5. The minimum atomic E-state index is -0.0298. The van der Waals surface area contributed by atoms with Gasteiger partial charge in [0.2, 0.25) is 40.6 Å². The lowest BCUT2D eigenvalue weighted by Crippen LogP contribution is -2.05. The molecular weight excluding hydrogens is 1340 g/mol. The molecule has 5 aliphatic carbocycles. The fourth-order valence-corrected chi connectivity index (χ4v) is 14.2. The van der Waals surface area contributed by atoms with Crippen molar-refractivity contribution in [1.29, 1.82) is 0 Å². The van der Waals surface area contributed by atoms with E-state index in [-0.39, 0.29) is 52.3 Å². The van der Waals surface area contributed by atoms with Gasteiger partial charge in [0.05, 0.1) is 41.2 Å². The number of carbonyl (C=O) groups excluding carboxylic acids is 6. The number of nitrogens with zero attached hydrogens (tertiary/aromatic N) is 10. The van der Waals surface area contributed by atoms with Crippen LogP contribution in [0.2, 0.25) is 0 Å². The maximum absolute atomic E-state index is 11.8. The molecule has 0 spiro atoms. The van der Waals surface area contributed by atoms with Gasteiger partial charge in [-0.05, 0) is 162 Å². The fourth-order valence-electron chi connectivity index (χ4n) is 9.25. The summed E-state index contributed by atoms with van der Waals surface area (Å²) in [6.45, 7) is 1.85. The Kier molecular flexibility index (Phi) is 22.4. The number of H-pyrrole nitrogens is 1. The summed E-state index contributed by atoms with van der Waals surface area (Å²) in [5.41, 5.74) is 0.879. The largest absolute Gasteiger partial charge is 0.433 e. The number of thiophene rings is 6. The van der Waals surface area contributed by atoms with Gasteiger partial charge < -0.3 is 18.0 Å². The topological polar surface area (TPSA) is 279 Å². The molecule has 5 saturated carbocycles. The van der Waals surface area contributed by atoms with E-state index in [4.69, 9.17) is 13.5 Å². The van der Waals surface area contributed by atoms with Crippen LogP contribution in [0.5, 0.6) is 0 Å². The minimum Gasteiger partial charge on any atom is -0.433 e. The van der Waals surface area contributed by atoms with E-state index in [1.807, 2.05) is 125 Å². The van der Waals surface area contributed by atoms with Crippen molar-refractivity contribution >= 4 is 114 Å². The predicted molar refractivity (Wildman–Crippen MR) is 370 cm³/mol. The smallest absolute Gasteiger partial charge is 0.294 e. The number of ketones is 6. The van der Waals surface area contributed by atoms with Crippen LogP contribution in [0.25, 0.3) is 63.1 Å². The van der Waals surface area contributed by atoms with Gasteiger partial charge in [0, 0.05) is 62.8 Å². The van der Waals surface area contributed by atoms with Gasteiger partial charge in [-0.25, -0.2) is 19.9 Å². The average Bonchev–Trinajstić information content (AvgIpc) is 1.91. The molecule has 0 amide bonds. The SMILES string of the molecule is CCC(=O)c1nc(-c2cccs2)cn1C.O=C(CC1CC1)c1n[nH]c(-c2cccs2)n1.O=C(CC1CC1)c1nc(-c2cccs2)no1.O=C(CC1CC1)c1ncc(-c2cccs2)o1.O=C(CC1CC1)c1ncc(-c2cccs2)s1.O=C(CC1CC1)c1noc(-c2cccs2)n1. The zero-order chi connectivity index (χ0) is 65.6. The zero-order valence-electron chi connectivity index (χ0n) is 51.8. The molecule has 17 rings (SSSR count). The summed E-state index contributed by atoms with van der Waals surface area (Å²) in [7, 11) is 1.85. The highest BCUT2D eigenvalue weighted by Gasteiger charge is 2.31. The lowest BCUT2D eigenvalue weighted by molar-refractivity contribution is 0.0928. The molecule has 0 radical (unpaired) electrons. The molecule has 0 unspecified atom stereocenters. The van der Waals surface area contributed by atoms with Crippen molar-refractivity contribution in [2.75, 3.05) is 0 Å². The number of thiazole rings is 1. The summed E-state index contributed by atoms with van der Waals surface area (Å²) in [5.74, 6) is 7.07. The van der Waals surface area contributed by atoms with E-state index in [0.717, 1.165) is 60.6 Å². The molecule has 0 aliphatic heterocycles. The Morgan fingerprint density at radius 3 is 1.55 bits per heavy atom. The quantitative estimate of drug-likeness (QED) is 0.0582. The third-order valence-electron chi connectivity index (χ3n) is 15.4. The van der Waals surface area contributed by atoms with Crippen LogP contribution < -0.4 is 0 Å². The summed E-state index contributed by atoms with van der Waals surface area (Å²) in [4.78, 5) is 103. The van der Waals surface area contributed by atoms with Crippen molar-refractivity contribution < 1.29 is 42.2 Å². The summed E-state index contributed by atoms with van der Waals surface area (Å²) < 4.78 is 17.3. The Morgan fingerprint density at radius 1 is 0.484 bits per heavy atom. The lowest BCUT2D eigenvalue weighted by Gasteiger charge is -1.95. The second-order valence-corrected chi connectivity index (χ2v) is 30.2. The number of aromatic nitrogens is 11. The van der Waals surface area contributed by atoms with Gasteiger partial charge in [0.15, 0.2) is 34.0 Å². The molecule has 0 aromatic carbocycles. The van der Waals surface area contributed by atoms with Crippen LogP contribution in [-0.2, 0) is 7.05 Å². The standard InChI is InChI=1S/C12H11NO2S.C12H11NOS2.C11H11N3OS.2C11H10N2O2S.C11H12N2OS/c14-9(6-8-3-4-8)12-13-7-10(15-12)11-2-1-5-16-11;14-9(6-8-3-4-8)12-13-7-11(16-12)10-2-1-5-15-10;15-8(6-7-3-4-7)10-12-11(14-13-10)9-2-1-5-16-9;14-8(6-7-3-4-7)11-12-10(13-15-11)9-2-1-5-16-9;14-8(6-7-3-4-7)10-12-11(15-13-10)9-2-1-5-16-9;1-3-9(14)11-12-8(7-13(11)2)10-5-4-6-15-10/h2*1-2,5,7-8H,3-4,6H2;1-2,5,7H,3-4,6H2,(H,12,13,14);2*1-2,5,7H,3-4,6H2;4-7H,3H2,1-2H3. The highest BCUT2D eigenvalue weighted by molar-refractivity contribution is 7.22. The van der Waals surface area contributed by atoms with Gasteiger partial charge in [0.1, 0.15) is 0 Å². The molecule has 12 aromatic heterocycles. The number of hydrogen-bond acceptors (Lipinski definition) is 25. The molecule has 5 fully saturated rings. The number of carbonyl (C=O) groups is 6. The van der Waals surface area contributed by atoms with Crippen molar-refractivity contribution in [3.05, 3.63) is 158 Å². The average molecular weight is 1400 g/mol. The van der Waals surface area contributed by atoms with E-state index in [9.17, 15) is 28.8 Å². The van der Waals surface area contributed by atoms with Crippen molar-refractivity contribution in [2.45, 2.75) is 110 Å². The molecule has 5 aliphatic rings. The summed E-state index contributed by atoms with van der Waals surface area (Å²) in [6, 6.07) is 23.5. The van der Waals surface area contributed by atoms with E-state index >= 15 is 0 Å². The van der Waals surface area contributed by atoms with Gasteiger partial charge in [-0.1, -0.05) is 53.6 Å². The molecule has 27 heteroatoms. The fraction of sp³-hybridized carbons (Fsp3) is 0.338. The molecule has 488 valence electrons. The Bertz CT molecular complexity index is 3870. The molecule has 0 atom stereocenters. The Balaban J connectivity index is 0.000000109. The molecular formula is C68H65N11O9S7. The summed E-state index contributed by atoms with van der Waals surface area (Å²) >= 11 is 11.1. The van der Waals surface area contributed by atoms with E-state index in [1.54, 1.807) is 56.1 Å². The van der Waals surface area contributed by atoms with E-state index in [1.165, 1.54) is 77.4 Å². The van der Waals surface area contributed by atoms with Gasteiger partial charge in [0.25, 0.3) is 17.7 Å². The maximum atomic E-state index is 11.8. The Hall–Kier alpha value is -8.31. The number of Topliss-reactive ketones (excluding diaryl/α,β-unsaturated/α-hetero) is 6. The predicted octanol–water partition coefficient (Wildman–Crippen LogP) is 18.1. The van der Waals surface area contributed by atoms with E-state index in [2.05, 4.69) is 56.5 Å². The first kappa shape index (κ1) is 66.7. The van der Waals surface area contributed by atoms with Crippen molar-refractivity contribution in [3.8, 4) is 63.1 Å². The monoisotopic (exact) mass is 1400 g/mol. The van der Waals surface area contributed by atoms with Gasteiger partial charge in [-0.3, -0.25) is 33.9 Å². The van der Waals surface area contributed by atoms with Crippen LogP contribution in [0.4, 0.5) is 0 Å². The highest BCUT2D eigenvalue weighted by Crippen LogP contribution is 2.39. The minimum absolute atomic E-state index is 0.00550. The first-order valence-corrected chi connectivity index (χ1v) is 37.4. The maximum Gasteiger partial charge on any atom is 0.294 e. The second kappa shape index (κ2) is 32.0. The van der Waals surface area contributed by atoms with Crippen LogP contribution in [0, 0.1) is 29.6 Å². The second-order valence-electron chi connectivity index (χ2n) is 23.5. The molecule has 0 saturated heterocycles. The third kappa shape index (κ3) is 19.4. The molecule has 20 nitrogen and oxygen atoms in total. The number of oxazole rings is 1. The molecule has 12 heterocycles. The Labute approximate surface area is 574 Å². The van der Waals surface area contributed by atoms with Gasteiger partial charge in [-0.2, -0.15) is 9.97 Å². The van der Waals surface area contributed by atoms with Crippen molar-refractivity contribution in [2.24, 2.45) is 36.6 Å². The molecule has 0 bridgehead atoms. The van der Waals surface area contributed by atoms with Crippen molar-refractivity contribution in [3.63, 3.8) is 0 Å². The van der Waals surface area contributed by atoms with E-state index in [0.29, 0.717) is 108 Å². The number of aryl methyl sites for hydroxylation is 1. The number of rotatable bonds is 23. The third-order valence-corrected chi connectivity index (χ3v) is 21.9. The van der Waals surface area contributed by atoms with E-state index < -0.39 is 0 Å². The van der Waals surface area contributed by atoms with Crippen LogP contribution in [-0.4, -0.2) is 89.7 Å². The first-order valence-electron chi connectivity index (χ1n) is 31.3. The van der Waals surface area contributed by atoms with Crippen LogP contribution in [0.15, 0.2) is 137 Å². The summed E-state index contributed by atoms with van der Waals surface area (Å²) in [5, 5.41) is 26.9. The molecule has 12 aromatic rings. The summed E-state index contributed by atoms with van der Waals surface area (Å²) in [6.07, 6.45) is 20.6.